The lowest BCUT2D eigenvalue weighted by Gasteiger charge is -2.11. The lowest BCUT2D eigenvalue weighted by molar-refractivity contribution is 0.581. The number of benzene rings is 2. The second-order valence-electron chi connectivity index (χ2n) is 5.60. The molecule has 0 spiro atoms. The summed E-state index contributed by atoms with van der Waals surface area (Å²) in [4.78, 5) is 0.0217. The highest BCUT2D eigenvalue weighted by Crippen LogP contribution is 2.27. The molecule has 10 heteroatoms. The first-order chi connectivity index (χ1) is 11.7. The van der Waals surface area contributed by atoms with E-state index >= 15 is 0 Å². The van der Waals surface area contributed by atoms with Gasteiger partial charge in [-0.05, 0) is 55.3 Å². The first-order valence-electron chi connectivity index (χ1n) is 7.28. The molecule has 6 nitrogen and oxygen atoms in total. The standard InChI is InChI=1S/C15H14BrClN2O4S2/c16-10-1-8-15(14(17)9-10)25(22,23)19-12-4-6-13(7-5-12)24(20,21)18-11-2-3-11/h1,4-9,11,18-19H,2-3H2. The van der Waals surface area contributed by atoms with Gasteiger partial charge in [-0.3, -0.25) is 4.72 Å². The first kappa shape index (κ1) is 18.7. The SMILES string of the molecule is O=S(=O)(NC1CC1)c1ccc(NS(=O)(=O)c2ccc(Br)cc2Cl)cc1. The van der Waals surface area contributed by atoms with Crippen molar-refractivity contribution in [3.8, 4) is 0 Å². The van der Waals surface area contributed by atoms with Gasteiger partial charge in [-0.1, -0.05) is 27.5 Å². The number of hydrogen-bond donors (Lipinski definition) is 2. The lowest BCUT2D eigenvalue weighted by atomic mass is 10.3. The van der Waals surface area contributed by atoms with E-state index < -0.39 is 20.0 Å². The Morgan fingerprint density at radius 1 is 0.960 bits per heavy atom. The van der Waals surface area contributed by atoms with Crippen LogP contribution < -0.4 is 9.44 Å². The summed E-state index contributed by atoms with van der Waals surface area (Å²) in [6.07, 6.45) is 1.68. The molecule has 134 valence electrons. The van der Waals surface area contributed by atoms with E-state index in [9.17, 15) is 16.8 Å². The predicted octanol–water partition coefficient (Wildman–Crippen LogP) is 3.34. The second kappa shape index (κ2) is 6.88. The van der Waals surface area contributed by atoms with Crippen LogP contribution in [0.2, 0.25) is 5.02 Å². The Kier molecular flexibility index (Phi) is 5.13. The quantitative estimate of drug-likeness (QED) is 0.684. The zero-order valence-corrected chi connectivity index (χ0v) is 16.7. The maximum atomic E-state index is 12.4. The summed E-state index contributed by atoms with van der Waals surface area (Å²) in [6.45, 7) is 0. The molecule has 0 aromatic heterocycles. The third-order valence-electron chi connectivity index (χ3n) is 3.50. The summed E-state index contributed by atoms with van der Waals surface area (Å²) < 4.78 is 54.7. The zero-order valence-electron chi connectivity index (χ0n) is 12.7. The van der Waals surface area contributed by atoms with Crippen molar-refractivity contribution in [1.82, 2.24) is 4.72 Å². The average Bonchev–Trinajstić information content (AvgIpc) is 3.30. The molecule has 1 fully saturated rings. The zero-order chi connectivity index (χ0) is 18.2. The van der Waals surface area contributed by atoms with Crippen molar-refractivity contribution < 1.29 is 16.8 Å². The van der Waals surface area contributed by atoms with Gasteiger partial charge in [0.05, 0.1) is 9.92 Å². The molecule has 2 N–H and O–H groups in total. The van der Waals surface area contributed by atoms with Gasteiger partial charge in [0.1, 0.15) is 4.90 Å². The summed E-state index contributed by atoms with van der Waals surface area (Å²) in [5.74, 6) is 0. The number of sulfonamides is 2. The van der Waals surface area contributed by atoms with Crippen LogP contribution in [0.1, 0.15) is 12.8 Å². The molecule has 0 aliphatic heterocycles. The number of nitrogens with one attached hydrogen (secondary N) is 2. The molecular weight excluding hydrogens is 452 g/mol. The number of halogens is 2. The maximum Gasteiger partial charge on any atom is 0.263 e. The van der Waals surface area contributed by atoms with E-state index in [-0.39, 0.29) is 26.5 Å². The van der Waals surface area contributed by atoms with Crippen molar-refractivity contribution in [2.75, 3.05) is 4.72 Å². The molecule has 0 heterocycles. The molecule has 0 radical (unpaired) electrons. The molecule has 25 heavy (non-hydrogen) atoms. The minimum atomic E-state index is -3.89. The van der Waals surface area contributed by atoms with Crippen LogP contribution in [0, 0.1) is 0 Å². The minimum absolute atomic E-state index is 0.00252. The summed E-state index contributed by atoms with van der Waals surface area (Å²) in [5, 5.41) is 0.0784. The van der Waals surface area contributed by atoms with Crippen molar-refractivity contribution in [2.45, 2.75) is 28.7 Å². The van der Waals surface area contributed by atoms with Crippen LogP contribution in [0.15, 0.2) is 56.7 Å². The Hall–Kier alpha value is -1.13. The van der Waals surface area contributed by atoms with Crippen LogP contribution >= 0.6 is 27.5 Å². The van der Waals surface area contributed by atoms with Gasteiger partial charge < -0.3 is 0 Å². The van der Waals surface area contributed by atoms with Crippen LogP contribution in [0.3, 0.4) is 0 Å². The maximum absolute atomic E-state index is 12.4. The first-order valence-corrected chi connectivity index (χ1v) is 11.4. The van der Waals surface area contributed by atoms with Gasteiger partial charge in [0.25, 0.3) is 10.0 Å². The lowest BCUT2D eigenvalue weighted by Crippen LogP contribution is -2.25. The van der Waals surface area contributed by atoms with Crippen molar-refractivity contribution >= 4 is 53.3 Å². The van der Waals surface area contributed by atoms with Crippen LogP contribution in [-0.4, -0.2) is 22.9 Å². The molecule has 0 atom stereocenters. The highest BCUT2D eigenvalue weighted by molar-refractivity contribution is 9.10. The molecule has 0 unspecified atom stereocenters. The van der Waals surface area contributed by atoms with Gasteiger partial charge in [0.15, 0.2) is 0 Å². The van der Waals surface area contributed by atoms with E-state index in [1.807, 2.05) is 0 Å². The Morgan fingerprint density at radius 2 is 1.60 bits per heavy atom. The molecule has 3 rings (SSSR count). The van der Waals surface area contributed by atoms with Gasteiger partial charge in [0, 0.05) is 16.2 Å². The van der Waals surface area contributed by atoms with E-state index in [2.05, 4.69) is 25.4 Å². The third-order valence-corrected chi connectivity index (χ3v) is 7.39. The molecule has 1 saturated carbocycles. The molecular formula is C15H14BrClN2O4S2. The Bertz CT molecular complexity index is 1000. The van der Waals surface area contributed by atoms with Gasteiger partial charge in [-0.15, -0.1) is 0 Å². The van der Waals surface area contributed by atoms with E-state index in [1.165, 1.54) is 36.4 Å². The number of hydrogen-bond acceptors (Lipinski definition) is 4. The Balaban J connectivity index is 1.80. The van der Waals surface area contributed by atoms with Crippen molar-refractivity contribution in [3.63, 3.8) is 0 Å². The Labute approximate surface area is 159 Å². The highest BCUT2D eigenvalue weighted by Gasteiger charge is 2.28. The number of rotatable bonds is 6. The van der Waals surface area contributed by atoms with E-state index in [4.69, 9.17) is 11.6 Å². The average molecular weight is 466 g/mol. The van der Waals surface area contributed by atoms with Crippen LogP contribution in [0.4, 0.5) is 5.69 Å². The van der Waals surface area contributed by atoms with Crippen LogP contribution in [0.25, 0.3) is 0 Å². The number of anilines is 1. The van der Waals surface area contributed by atoms with E-state index in [0.29, 0.717) is 4.47 Å². The molecule has 0 bridgehead atoms. The topological polar surface area (TPSA) is 92.3 Å². The Morgan fingerprint density at radius 3 is 2.16 bits per heavy atom. The summed E-state index contributed by atoms with van der Waals surface area (Å²) in [5.41, 5.74) is 0.240. The molecule has 0 amide bonds. The van der Waals surface area contributed by atoms with Crippen molar-refractivity contribution in [1.29, 1.82) is 0 Å². The normalized spacial score (nSPS) is 15.1. The molecule has 2 aromatic carbocycles. The fraction of sp³-hybridized carbons (Fsp3) is 0.200. The van der Waals surface area contributed by atoms with Crippen LogP contribution in [-0.2, 0) is 20.0 Å². The van der Waals surface area contributed by atoms with Gasteiger partial charge >= 0.3 is 0 Å². The third kappa shape index (κ3) is 4.53. The van der Waals surface area contributed by atoms with E-state index in [1.54, 1.807) is 6.07 Å². The molecule has 1 aliphatic carbocycles. The second-order valence-corrected chi connectivity index (χ2v) is 10.3. The molecule has 2 aromatic rings. The van der Waals surface area contributed by atoms with E-state index in [0.717, 1.165) is 12.8 Å². The summed E-state index contributed by atoms with van der Waals surface area (Å²) >= 11 is 9.20. The highest BCUT2D eigenvalue weighted by atomic mass is 79.9. The molecule has 1 aliphatic rings. The predicted molar refractivity (Wildman–Crippen MR) is 99.7 cm³/mol. The fourth-order valence-electron chi connectivity index (χ4n) is 2.09. The monoisotopic (exact) mass is 464 g/mol. The fourth-order valence-corrected chi connectivity index (χ4v) is 5.50. The summed E-state index contributed by atoms with van der Waals surface area (Å²) in [6, 6.07) is 9.93. The van der Waals surface area contributed by atoms with Gasteiger partial charge in [0.2, 0.25) is 10.0 Å². The van der Waals surface area contributed by atoms with Crippen molar-refractivity contribution in [3.05, 3.63) is 52.0 Å². The van der Waals surface area contributed by atoms with Gasteiger partial charge in [-0.25, -0.2) is 21.6 Å². The largest absolute Gasteiger partial charge is 0.280 e. The smallest absolute Gasteiger partial charge is 0.263 e. The van der Waals surface area contributed by atoms with Crippen molar-refractivity contribution in [2.24, 2.45) is 0 Å². The minimum Gasteiger partial charge on any atom is -0.280 e. The summed E-state index contributed by atoms with van der Waals surface area (Å²) in [7, 11) is -7.46. The van der Waals surface area contributed by atoms with Gasteiger partial charge in [-0.2, -0.15) is 0 Å². The van der Waals surface area contributed by atoms with Crippen LogP contribution in [0.5, 0.6) is 0 Å². The molecule has 0 saturated heterocycles.